The van der Waals surface area contributed by atoms with Crippen molar-refractivity contribution < 1.29 is 21.6 Å². The van der Waals surface area contributed by atoms with Gasteiger partial charge in [0.05, 0.1) is 28.1 Å². The largest absolute Gasteiger partial charge is 0.416 e. The first-order valence-electron chi connectivity index (χ1n) is 9.13. The van der Waals surface area contributed by atoms with Crippen LogP contribution in [0.4, 0.5) is 13.2 Å². The molecule has 0 unspecified atom stereocenters. The second-order valence-corrected chi connectivity index (χ2v) is 8.86. The molecule has 14 heteroatoms. The summed E-state index contributed by atoms with van der Waals surface area (Å²) in [5.74, 6) is -0.132. The summed E-state index contributed by atoms with van der Waals surface area (Å²) < 4.78 is 67.5. The molecule has 32 heavy (non-hydrogen) atoms. The van der Waals surface area contributed by atoms with Crippen LogP contribution in [0.15, 0.2) is 48.1 Å². The Labute approximate surface area is 179 Å². The SMILES string of the molecule is CCS(=O)(=O)c1cc(-n2cncn2)cnc1-c1nnc(-c2cc(C(F)(F)F)ccn2)n1C. The van der Waals surface area contributed by atoms with Crippen LogP contribution in [-0.2, 0) is 23.1 Å². The summed E-state index contributed by atoms with van der Waals surface area (Å²) in [4.78, 5) is 11.9. The lowest BCUT2D eigenvalue weighted by atomic mass is 10.2. The van der Waals surface area contributed by atoms with E-state index in [1.54, 1.807) is 0 Å². The molecule has 0 saturated carbocycles. The van der Waals surface area contributed by atoms with E-state index in [4.69, 9.17) is 0 Å². The van der Waals surface area contributed by atoms with Crippen molar-refractivity contribution in [2.45, 2.75) is 18.0 Å². The molecule has 4 aromatic heterocycles. The highest BCUT2D eigenvalue weighted by molar-refractivity contribution is 7.91. The van der Waals surface area contributed by atoms with Gasteiger partial charge in [0.15, 0.2) is 21.5 Å². The van der Waals surface area contributed by atoms with Crippen LogP contribution in [0.1, 0.15) is 12.5 Å². The molecule has 0 atom stereocenters. The fourth-order valence-corrected chi connectivity index (χ4v) is 4.00. The average Bonchev–Trinajstić information content (AvgIpc) is 3.43. The van der Waals surface area contributed by atoms with Gasteiger partial charge in [-0.2, -0.15) is 18.3 Å². The molecule has 0 aliphatic rings. The third-order valence-corrected chi connectivity index (χ3v) is 6.38. The summed E-state index contributed by atoms with van der Waals surface area (Å²) in [7, 11) is -2.27. The van der Waals surface area contributed by atoms with E-state index in [0.717, 1.165) is 18.3 Å². The Balaban J connectivity index is 1.86. The topological polar surface area (TPSA) is 121 Å². The van der Waals surface area contributed by atoms with Gasteiger partial charge in [-0.05, 0) is 18.2 Å². The van der Waals surface area contributed by atoms with Crippen molar-refractivity contribution in [3.63, 3.8) is 0 Å². The molecule has 166 valence electrons. The summed E-state index contributed by atoms with van der Waals surface area (Å²) in [5.41, 5.74) is -0.596. The Morgan fingerprint density at radius 1 is 1.09 bits per heavy atom. The van der Waals surface area contributed by atoms with Crippen molar-refractivity contribution in [3.8, 4) is 28.7 Å². The highest BCUT2D eigenvalue weighted by atomic mass is 32.2. The molecule has 0 aliphatic heterocycles. The normalized spacial score (nSPS) is 12.3. The van der Waals surface area contributed by atoms with Crippen LogP contribution in [0.3, 0.4) is 0 Å². The number of rotatable bonds is 5. The number of aromatic nitrogens is 8. The lowest BCUT2D eigenvalue weighted by molar-refractivity contribution is -0.137. The summed E-state index contributed by atoms with van der Waals surface area (Å²) in [6, 6.07) is 3.07. The van der Waals surface area contributed by atoms with Gasteiger partial charge >= 0.3 is 6.18 Å². The molecule has 0 aliphatic carbocycles. The maximum Gasteiger partial charge on any atom is 0.416 e. The van der Waals surface area contributed by atoms with Crippen molar-refractivity contribution in [3.05, 3.63) is 48.8 Å². The van der Waals surface area contributed by atoms with E-state index in [1.165, 1.54) is 48.1 Å². The predicted octanol–water partition coefficient (Wildman–Crippen LogP) is 2.33. The zero-order chi connectivity index (χ0) is 23.1. The molecule has 0 saturated heterocycles. The zero-order valence-corrected chi connectivity index (χ0v) is 17.5. The Morgan fingerprint density at radius 2 is 1.84 bits per heavy atom. The van der Waals surface area contributed by atoms with E-state index in [1.807, 2.05) is 0 Å². The van der Waals surface area contributed by atoms with Gasteiger partial charge in [0.2, 0.25) is 0 Å². The molecule has 10 nitrogen and oxygen atoms in total. The number of hydrogen-bond donors (Lipinski definition) is 0. The van der Waals surface area contributed by atoms with Gasteiger partial charge in [0.1, 0.15) is 24.0 Å². The van der Waals surface area contributed by atoms with Gasteiger partial charge in [0.25, 0.3) is 0 Å². The molecular formula is C18H15F3N8O2S. The third-order valence-electron chi connectivity index (χ3n) is 4.64. The third kappa shape index (κ3) is 3.84. The first-order valence-corrected chi connectivity index (χ1v) is 10.8. The average molecular weight is 464 g/mol. The van der Waals surface area contributed by atoms with E-state index < -0.39 is 21.6 Å². The van der Waals surface area contributed by atoms with Crippen LogP contribution in [0.5, 0.6) is 0 Å². The van der Waals surface area contributed by atoms with Crippen molar-refractivity contribution in [1.29, 1.82) is 0 Å². The Kier molecular flexibility index (Phi) is 5.24. The van der Waals surface area contributed by atoms with E-state index in [2.05, 4.69) is 30.2 Å². The molecule has 0 amide bonds. The second-order valence-electron chi connectivity index (χ2n) is 6.62. The van der Waals surface area contributed by atoms with Crippen molar-refractivity contribution in [2.75, 3.05) is 5.75 Å². The van der Waals surface area contributed by atoms with Gasteiger partial charge in [-0.25, -0.2) is 23.1 Å². The first kappa shape index (κ1) is 21.5. The molecule has 0 spiro atoms. The van der Waals surface area contributed by atoms with Gasteiger partial charge < -0.3 is 4.57 Å². The number of sulfone groups is 1. The first-order chi connectivity index (χ1) is 15.1. The second kappa shape index (κ2) is 7.78. The number of pyridine rings is 2. The zero-order valence-electron chi connectivity index (χ0n) is 16.7. The van der Waals surface area contributed by atoms with Crippen LogP contribution in [-0.4, -0.2) is 53.7 Å². The lowest BCUT2D eigenvalue weighted by Gasteiger charge is -2.11. The van der Waals surface area contributed by atoms with Crippen molar-refractivity contribution >= 4 is 9.84 Å². The molecule has 0 fully saturated rings. The minimum atomic E-state index is -4.56. The summed E-state index contributed by atoms with van der Waals surface area (Å²) in [6.07, 6.45) is 0.526. The Bertz CT molecular complexity index is 1380. The summed E-state index contributed by atoms with van der Waals surface area (Å²) >= 11 is 0. The maximum atomic E-state index is 13.1. The summed E-state index contributed by atoms with van der Waals surface area (Å²) in [6.45, 7) is 1.48. The monoisotopic (exact) mass is 464 g/mol. The molecule has 4 rings (SSSR count). The van der Waals surface area contributed by atoms with Crippen LogP contribution >= 0.6 is 0 Å². The molecule has 4 aromatic rings. The molecule has 4 heterocycles. The van der Waals surface area contributed by atoms with E-state index in [9.17, 15) is 21.6 Å². The number of alkyl halides is 3. The van der Waals surface area contributed by atoms with Crippen LogP contribution in [0.2, 0.25) is 0 Å². The Morgan fingerprint density at radius 3 is 2.50 bits per heavy atom. The smallest absolute Gasteiger partial charge is 0.307 e. The predicted molar refractivity (Wildman–Crippen MR) is 105 cm³/mol. The minimum Gasteiger partial charge on any atom is -0.307 e. The van der Waals surface area contributed by atoms with Gasteiger partial charge in [-0.15, -0.1) is 10.2 Å². The van der Waals surface area contributed by atoms with Crippen LogP contribution < -0.4 is 0 Å². The fourth-order valence-electron chi connectivity index (χ4n) is 2.95. The highest BCUT2D eigenvalue weighted by Crippen LogP contribution is 2.32. The number of halogens is 3. The number of nitrogens with zero attached hydrogens (tertiary/aromatic N) is 8. The standard InChI is InChI=1S/C18H15F3N8O2S/c1-3-32(30,31)14-7-12(29-10-22-9-25-29)8-24-15(14)17-27-26-16(28(17)2)13-6-11(4-5-23-13)18(19,20)21/h4-10H,3H2,1-2H3. The van der Waals surface area contributed by atoms with Crippen molar-refractivity contribution in [1.82, 2.24) is 39.5 Å². The quantitative estimate of drug-likeness (QED) is 0.441. The van der Waals surface area contributed by atoms with E-state index in [-0.39, 0.29) is 33.7 Å². The highest BCUT2D eigenvalue weighted by Gasteiger charge is 2.31. The van der Waals surface area contributed by atoms with E-state index in [0.29, 0.717) is 5.69 Å². The number of hydrogen-bond acceptors (Lipinski definition) is 8. The van der Waals surface area contributed by atoms with Crippen molar-refractivity contribution in [2.24, 2.45) is 7.05 Å². The molecular weight excluding hydrogens is 449 g/mol. The van der Waals surface area contributed by atoms with Gasteiger partial charge in [0, 0.05) is 13.2 Å². The molecule has 0 aromatic carbocycles. The molecule has 0 radical (unpaired) electrons. The summed E-state index contributed by atoms with van der Waals surface area (Å²) in [5, 5.41) is 11.9. The van der Waals surface area contributed by atoms with Crippen LogP contribution in [0, 0.1) is 0 Å². The van der Waals surface area contributed by atoms with E-state index >= 15 is 0 Å². The lowest BCUT2D eigenvalue weighted by Crippen LogP contribution is -2.11. The van der Waals surface area contributed by atoms with Gasteiger partial charge in [-0.1, -0.05) is 6.92 Å². The van der Waals surface area contributed by atoms with Gasteiger partial charge in [-0.3, -0.25) is 4.98 Å². The molecule has 0 bridgehead atoms. The van der Waals surface area contributed by atoms with Crippen LogP contribution in [0.25, 0.3) is 28.7 Å². The molecule has 0 N–H and O–H groups in total. The Hall–Kier alpha value is -3.68. The maximum absolute atomic E-state index is 13.1. The fraction of sp³-hybridized carbons (Fsp3) is 0.222. The minimum absolute atomic E-state index is 0.00365.